The van der Waals surface area contributed by atoms with Crippen LogP contribution in [-0.4, -0.2) is 48.6 Å². The van der Waals surface area contributed by atoms with E-state index in [1.54, 1.807) is 0 Å². The molecule has 0 bridgehead atoms. The first-order valence-electron chi connectivity index (χ1n) is 13.1. The Kier molecular flexibility index (Phi) is 6.92. The molecule has 0 spiro atoms. The molecule has 0 heterocycles. The zero-order chi connectivity index (χ0) is 24.1. The maximum Gasteiger partial charge on any atom is 0.320 e. The van der Waals surface area contributed by atoms with E-state index in [0.717, 1.165) is 38.5 Å². The van der Waals surface area contributed by atoms with Crippen molar-refractivity contribution < 1.29 is 29.3 Å². The van der Waals surface area contributed by atoms with Gasteiger partial charge in [0.2, 0.25) is 0 Å². The molecule has 0 saturated heterocycles. The van der Waals surface area contributed by atoms with Crippen LogP contribution in [0, 0.1) is 52.3 Å². The van der Waals surface area contributed by atoms with E-state index in [2.05, 4.69) is 20.8 Å². The number of hydrogen-bond acceptors (Lipinski definition) is 6. The van der Waals surface area contributed by atoms with E-state index in [-0.39, 0.29) is 34.9 Å². The Balaban J connectivity index is 1.55. The fourth-order valence-electron chi connectivity index (χ4n) is 9.27. The van der Waals surface area contributed by atoms with Crippen LogP contribution in [0.5, 0.6) is 0 Å². The van der Waals surface area contributed by atoms with Gasteiger partial charge in [0.15, 0.2) is 5.92 Å². The first-order chi connectivity index (χ1) is 15.6. The van der Waals surface area contributed by atoms with Gasteiger partial charge in [-0.3, -0.25) is 9.59 Å². The van der Waals surface area contributed by atoms with Crippen LogP contribution >= 0.6 is 0 Å². The molecule has 4 fully saturated rings. The quantitative estimate of drug-likeness (QED) is 0.472. The number of esters is 2. The number of rotatable bonds is 5. The molecule has 0 aromatic carbocycles. The van der Waals surface area contributed by atoms with E-state index >= 15 is 0 Å². The molecule has 0 radical (unpaired) electrons. The van der Waals surface area contributed by atoms with Crippen LogP contribution in [0.25, 0.3) is 0 Å². The Morgan fingerprint density at radius 1 is 0.939 bits per heavy atom. The molecule has 0 aromatic rings. The molecular formula is C27H44O6. The van der Waals surface area contributed by atoms with Gasteiger partial charge >= 0.3 is 11.9 Å². The topological polar surface area (TPSA) is 93.1 Å². The molecule has 4 aliphatic carbocycles. The van der Waals surface area contributed by atoms with Crippen LogP contribution in [0.2, 0.25) is 0 Å². The number of carbonyl (C=O) groups excluding carboxylic acids is 2. The molecule has 10 atom stereocenters. The highest BCUT2D eigenvalue weighted by atomic mass is 16.5. The minimum atomic E-state index is -0.908. The van der Waals surface area contributed by atoms with Crippen molar-refractivity contribution in [3.63, 3.8) is 0 Å². The summed E-state index contributed by atoms with van der Waals surface area (Å²) >= 11 is 0. The van der Waals surface area contributed by atoms with Crippen molar-refractivity contribution in [2.75, 3.05) is 14.2 Å². The van der Waals surface area contributed by atoms with Gasteiger partial charge in [-0.15, -0.1) is 0 Å². The zero-order valence-corrected chi connectivity index (χ0v) is 21.1. The lowest BCUT2D eigenvalue weighted by Gasteiger charge is -2.62. The summed E-state index contributed by atoms with van der Waals surface area (Å²) in [4.78, 5) is 24.6. The molecule has 6 heteroatoms. The van der Waals surface area contributed by atoms with Gasteiger partial charge in [-0.1, -0.05) is 20.8 Å². The van der Waals surface area contributed by atoms with Gasteiger partial charge in [0.05, 0.1) is 26.4 Å². The first kappa shape index (κ1) is 25.0. The summed E-state index contributed by atoms with van der Waals surface area (Å²) in [5.41, 5.74) is 0.0176. The van der Waals surface area contributed by atoms with Crippen molar-refractivity contribution in [1.82, 2.24) is 0 Å². The number of carbonyl (C=O) groups is 2. The molecule has 0 aromatic heterocycles. The molecule has 6 nitrogen and oxygen atoms in total. The molecule has 2 N–H and O–H groups in total. The van der Waals surface area contributed by atoms with E-state index in [1.807, 2.05) is 0 Å². The van der Waals surface area contributed by atoms with E-state index < -0.39 is 17.9 Å². The summed E-state index contributed by atoms with van der Waals surface area (Å²) in [5.74, 6) is 0.544. The Hall–Kier alpha value is -1.14. The number of fused-ring (bicyclic) bond motifs is 5. The largest absolute Gasteiger partial charge is 0.468 e. The third-order valence-electron chi connectivity index (χ3n) is 11.1. The van der Waals surface area contributed by atoms with E-state index in [9.17, 15) is 19.8 Å². The standard InChI is InChI=1S/C27H44O6/c1-15(12-19(24(30)32-4)25(31)33-5)20-8-9-21-18-7-6-16-13-17(28)10-11-26(16,2)22(18)14-23(29)27(20,21)3/h15-23,28-29H,6-14H2,1-5H3/t15?,16-,17-,18?,20-,21?,22?,23+,26+,27-/m1/s1. The minimum absolute atomic E-state index is 0.103. The van der Waals surface area contributed by atoms with Crippen LogP contribution in [0.1, 0.15) is 78.6 Å². The number of hydrogen-bond donors (Lipinski definition) is 2. The second-order valence-corrected chi connectivity index (χ2v) is 12.2. The van der Waals surface area contributed by atoms with Gasteiger partial charge < -0.3 is 19.7 Å². The fourth-order valence-corrected chi connectivity index (χ4v) is 9.27. The summed E-state index contributed by atoms with van der Waals surface area (Å²) in [6.07, 6.45) is 8.06. The summed E-state index contributed by atoms with van der Waals surface area (Å²) in [6.45, 7) is 6.83. The van der Waals surface area contributed by atoms with Gasteiger partial charge in [-0.2, -0.15) is 0 Å². The molecular weight excluding hydrogens is 420 g/mol. The van der Waals surface area contributed by atoms with Gasteiger partial charge in [-0.25, -0.2) is 0 Å². The summed E-state index contributed by atoms with van der Waals surface area (Å²) in [7, 11) is 2.62. The second-order valence-electron chi connectivity index (χ2n) is 12.2. The lowest BCUT2D eigenvalue weighted by Crippen LogP contribution is -2.58. The van der Waals surface area contributed by atoms with E-state index in [0.29, 0.717) is 30.1 Å². The average molecular weight is 465 g/mol. The monoisotopic (exact) mass is 464 g/mol. The number of aliphatic hydroxyl groups excluding tert-OH is 2. The highest BCUT2D eigenvalue weighted by molar-refractivity contribution is 5.94. The third-order valence-corrected chi connectivity index (χ3v) is 11.1. The normalized spacial score (nSPS) is 45.5. The van der Waals surface area contributed by atoms with Gasteiger partial charge in [0.1, 0.15) is 0 Å². The van der Waals surface area contributed by atoms with Gasteiger partial charge in [-0.05, 0) is 104 Å². The molecule has 4 unspecified atom stereocenters. The van der Waals surface area contributed by atoms with Crippen molar-refractivity contribution in [2.24, 2.45) is 52.3 Å². The van der Waals surface area contributed by atoms with Crippen LogP contribution in [-0.2, 0) is 19.1 Å². The predicted octanol–water partition coefficient (Wildman–Crippen LogP) is 3.97. The highest BCUT2D eigenvalue weighted by Crippen LogP contribution is 2.68. The van der Waals surface area contributed by atoms with Gasteiger partial charge in [0.25, 0.3) is 0 Å². The Morgan fingerprint density at radius 2 is 1.61 bits per heavy atom. The van der Waals surface area contributed by atoms with E-state index in [4.69, 9.17) is 9.47 Å². The van der Waals surface area contributed by atoms with Crippen molar-refractivity contribution in [3.05, 3.63) is 0 Å². The van der Waals surface area contributed by atoms with Crippen LogP contribution in [0.4, 0.5) is 0 Å². The number of ether oxygens (including phenoxy) is 2. The molecule has 0 amide bonds. The van der Waals surface area contributed by atoms with E-state index in [1.165, 1.54) is 27.1 Å². The lowest BCUT2D eigenvalue weighted by atomic mass is 9.43. The molecule has 33 heavy (non-hydrogen) atoms. The fraction of sp³-hybridized carbons (Fsp3) is 0.926. The van der Waals surface area contributed by atoms with Crippen molar-refractivity contribution in [2.45, 2.75) is 90.8 Å². The van der Waals surface area contributed by atoms with Crippen molar-refractivity contribution >= 4 is 11.9 Å². The van der Waals surface area contributed by atoms with Crippen LogP contribution in [0.15, 0.2) is 0 Å². The predicted molar refractivity (Wildman–Crippen MR) is 124 cm³/mol. The van der Waals surface area contributed by atoms with Gasteiger partial charge in [0, 0.05) is 0 Å². The molecule has 4 aliphatic rings. The average Bonchev–Trinajstić information content (AvgIpc) is 3.16. The zero-order valence-electron chi connectivity index (χ0n) is 21.1. The molecule has 4 saturated carbocycles. The smallest absolute Gasteiger partial charge is 0.320 e. The number of aliphatic hydroxyl groups is 2. The summed E-state index contributed by atoms with van der Waals surface area (Å²) < 4.78 is 9.77. The summed E-state index contributed by atoms with van der Waals surface area (Å²) in [5, 5.41) is 21.9. The van der Waals surface area contributed by atoms with Crippen LogP contribution in [0.3, 0.4) is 0 Å². The maximum absolute atomic E-state index is 12.3. The molecule has 188 valence electrons. The van der Waals surface area contributed by atoms with Crippen LogP contribution < -0.4 is 0 Å². The third kappa shape index (κ3) is 3.93. The first-order valence-corrected chi connectivity index (χ1v) is 13.1. The SMILES string of the molecule is COC(=O)C(CC(C)[C@H]1CCC2C3CC[C@@H]4C[C@H](O)CC[C@]4(C)C3C[C@H](O)[C@@]21C)C(=O)OC. The number of methoxy groups -OCH3 is 2. The van der Waals surface area contributed by atoms with Crippen molar-refractivity contribution in [1.29, 1.82) is 0 Å². The Morgan fingerprint density at radius 3 is 2.24 bits per heavy atom. The minimum Gasteiger partial charge on any atom is -0.468 e. The molecule has 4 rings (SSSR count). The second kappa shape index (κ2) is 9.14. The Bertz CT molecular complexity index is 737. The molecule has 0 aliphatic heterocycles. The van der Waals surface area contributed by atoms with Crippen molar-refractivity contribution in [3.8, 4) is 0 Å². The Labute approximate surface area is 198 Å². The maximum atomic E-state index is 12.3. The summed E-state index contributed by atoms with van der Waals surface area (Å²) in [6, 6.07) is 0. The lowest BCUT2D eigenvalue weighted by molar-refractivity contribution is -0.176. The highest BCUT2D eigenvalue weighted by Gasteiger charge is 2.63.